The number of aromatic nitrogens is 1. The second-order valence-corrected chi connectivity index (χ2v) is 8.24. The lowest BCUT2D eigenvalue weighted by atomic mass is 9.93. The minimum absolute atomic E-state index is 0.0243. The maximum atomic E-state index is 13.3. The van der Waals surface area contributed by atoms with E-state index in [2.05, 4.69) is 40.3 Å². The van der Waals surface area contributed by atoms with Crippen LogP contribution >= 0.6 is 11.3 Å². The molecule has 1 saturated heterocycles. The third-order valence-electron chi connectivity index (χ3n) is 5.64. The molecule has 1 fully saturated rings. The Hall–Kier alpha value is -2.31. The van der Waals surface area contributed by atoms with Crippen molar-refractivity contribution < 1.29 is 9.18 Å². The van der Waals surface area contributed by atoms with E-state index in [9.17, 15) is 9.18 Å². The van der Waals surface area contributed by atoms with Crippen LogP contribution in [0.1, 0.15) is 36.9 Å². The maximum Gasteiger partial charge on any atom is 0.223 e. The predicted molar refractivity (Wildman–Crippen MR) is 111 cm³/mol. The number of benzene rings is 2. The third kappa shape index (κ3) is 4.08. The lowest BCUT2D eigenvalue weighted by Crippen LogP contribution is -2.41. The Kier molecular flexibility index (Phi) is 5.69. The van der Waals surface area contributed by atoms with Crippen molar-refractivity contribution in [2.24, 2.45) is 5.92 Å². The molecule has 2 heterocycles. The van der Waals surface area contributed by atoms with Gasteiger partial charge in [-0.1, -0.05) is 24.3 Å². The first-order chi connectivity index (χ1) is 13.6. The summed E-state index contributed by atoms with van der Waals surface area (Å²) in [5.74, 6) is -0.178. The topological polar surface area (TPSA) is 45.2 Å². The molecule has 4 rings (SSSR count). The molecule has 0 spiro atoms. The van der Waals surface area contributed by atoms with Gasteiger partial charge in [0.1, 0.15) is 5.82 Å². The van der Waals surface area contributed by atoms with Crippen molar-refractivity contribution in [1.29, 1.82) is 0 Å². The molecule has 0 radical (unpaired) electrons. The molecule has 1 atom stereocenters. The number of hydrogen-bond donors (Lipinski definition) is 1. The van der Waals surface area contributed by atoms with Gasteiger partial charge in [0.25, 0.3) is 0 Å². The molecule has 1 N–H and O–H groups in total. The monoisotopic (exact) mass is 397 g/mol. The van der Waals surface area contributed by atoms with E-state index in [1.54, 1.807) is 17.4 Å². The zero-order valence-electron chi connectivity index (χ0n) is 15.9. The van der Waals surface area contributed by atoms with Gasteiger partial charge in [0.15, 0.2) is 0 Å². The number of carbonyl (C=O) groups is 1. The SMILES string of the molecule is CC(c1cccc2ncsc12)N1CCC(C(=O)NCc2cccc(F)c2)CC1. The van der Waals surface area contributed by atoms with E-state index in [1.807, 2.05) is 11.6 Å². The number of nitrogens with zero attached hydrogens (tertiary/aromatic N) is 2. The highest BCUT2D eigenvalue weighted by Gasteiger charge is 2.28. The molecular weight excluding hydrogens is 373 g/mol. The summed E-state index contributed by atoms with van der Waals surface area (Å²) >= 11 is 1.69. The van der Waals surface area contributed by atoms with Gasteiger partial charge in [-0.3, -0.25) is 9.69 Å². The van der Waals surface area contributed by atoms with Crippen LogP contribution in [0, 0.1) is 11.7 Å². The van der Waals surface area contributed by atoms with Crippen molar-refractivity contribution in [1.82, 2.24) is 15.2 Å². The number of fused-ring (bicyclic) bond motifs is 1. The number of halogens is 1. The largest absolute Gasteiger partial charge is 0.352 e. The Bertz CT molecular complexity index is 965. The van der Waals surface area contributed by atoms with E-state index in [1.165, 1.54) is 22.4 Å². The summed E-state index contributed by atoms with van der Waals surface area (Å²) in [7, 11) is 0. The third-order valence-corrected chi connectivity index (χ3v) is 6.53. The van der Waals surface area contributed by atoms with Gasteiger partial charge in [-0.25, -0.2) is 9.37 Å². The molecular formula is C22H24FN3OS. The van der Waals surface area contributed by atoms with Gasteiger partial charge in [0.2, 0.25) is 5.91 Å². The highest BCUT2D eigenvalue weighted by Crippen LogP contribution is 2.32. The zero-order valence-corrected chi connectivity index (χ0v) is 16.7. The standard InChI is InChI=1S/C22H24FN3OS/c1-15(19-6-3-7-20-21(19)28-14-25-20)26-10-8-17(9-11-26)22(27)24-13-16-4-2-5-18(23)12-16/h2-7,12,14-15,17H,8-11,13H2,1H3,(H,24,27). The van der Waals surface area contributed by atoms with Crippen molar-refractivity contribution in [2.45, 2.75) is 32.4 Å². The molecule has 3 aromatic rings. The summed E-state index contributed by atoms with van der Waals surface area (Å²) in [6.07, 6.45) is 1.69. The molecule has 1 aliphatic heterocycles. The molecule has 2 aromatic carbocycles. The zero-order chi connectivity index (χ0) is 19.5. The Labute approximate surface area is 168 Å². The lowest BCUT2D eigenvalue weighted by molar-refractivity contribution is -0.126. The quantitative estimate of drug-likeness (QED) is 0.688. The second kappa shape index (κ2) is 8.37. The number of rotatable bonds is 5. The summed E-state index contributed by atoms with van der Waals surface area (Å²) in [5, 5.41) is 2.96. The Morgan fingerprint density at radius 2 is 2.07 bits per heavy atom. The highest BCUT2D eigenvalue weighted by molar-refractivity contribution is 7.16. The fourth-order valence-electron chi connectivity index (χ4n) is 3.96. The number of nitrogens with one attached hydrogen (secondary N) is 1. The molecule has 1 unspecified atom stereocenters. The maximum absolute atomic E-state index is 13.3. The van der Waals surface area contributed by atoms with Crippen LogP contribution in [0.3, 0.4) is 0 Å². The molecule has 1 amide bonds. The van der Waals surface area contributed by atoms with Crippen LogP contribution in [0.15, 0.2) is 48.0 Å². The summed E-state index contributed by atoms with van der Waals surface area (Å²) < 4.78 is 14.5. The van der Waals surface area contributed by atoms with Crippen LogP contribution in [0.25, 0.3) is 10.2 Å². The van der Waals surface area contributed by atoms with E-state index in [0.717, 1.165) is 37.0 Å². The highest BCUT2D eigenvalue weighted by atomic mass is 32.1. The summed E-state index contributed by atoms with van der Waals surface area (Å²) in [6.45, 7) is 4.41. The van der Waals surface area contributed by atoms with Crippen LogP contribution in [0.5, 0.6) is 0 Å². The lowest BCUT2D eigenvalue weighted by Gasteiger charge is -2.35. The van der Waals surface area contributed by atoms with Gasteiger partial charge in [0, 0.05) is 18.5 Å². The van der Waals surface area contributed by atoms with Gasteiger partial charge in [0.05, 0.1) is 15.7 Å². The molecule has 6 heteroatoms. The summed E-state index contributed by atoms with van der Waals surface area (Å²) in [5.41, 5.74) is 5.06. The van der Waals surface area contributed by atoms with Crippen LogP contribution in [-0.4, -0.2) is 28.9 Å². The summed E-state index contributed by atoms with van der Waals surface area (Å²) in [6, 6.07) is 13.0. The van der Waals surface area contributed by atoms with Crippen molar-refractivity contribution in [3.8, 4) is 0 Å². The first-order valence-electron chi connectivity index (χ1n) is 9.70. The summed E-state index contributed by atoms with van der Waals surface area (Å²) in [4.78, 5) is 19.4. The fraction of sp³-hybridized carbons (Fsp3) is 0.364. The first kappa shape index (κ1) is 19.0. The molecule has 0 aliphatic carbocycles. The van der Waals surface area contributed by atoms with Crippen LogP contribution in [0.4, 0.5) is 4.39 Å². The van der Waals surface area contributed by atoms with Gasteiger partial charge < -0.3 is 5.32 Å². The van der Waals surface area contributed by atoms with E-state index in [0.29, 0.717) is 12.6 Å². The van der Waals surface area contributed by atoms with Crippen molar-refractivity contribution in [2.75, 3.05) is 13.1 Å². The molecule has 4 nitrogen and oxygen atoms in total. The number of piperidine rings is 1. The number of hydrogen-bond acceptors (Lipinski definition) is 4. The van der Waals surface area contributed by atoms with Crippen LogP contribution in [0.2, 0.25) is 0 Å². The predicted octanol–water partition coefficient (Wildman–Crippen LogP) is 4.52. The molecule has 1 aromatic heterocycles. The number of likely N-dealkylation sites (tertiary alicyclic amines) is 1. The van der Waals surface area contributed by atoms with Crippen molar-refractivity contribution in [3.63, 3.8) is 0 Å². The number of amides is 1. The van der Waals surface area contributed by atoms with Gasteiger partial charge in [-0.05, 0) is 62.2 Å². The molecule has 28 heavy (non-hydrogen) atoms. The minimum Gasteiger partial charge on any atom is -0.352 e. The van der Waals surface area contributed by atoms with Gasteiger partial charge in [-0.15, -0.1) is 11.3 Å². The Morgan fingerprint density at radius 1 is 1.29 bits per heavy atom. The van der Waals surface area contributed by atoms with Crippen molar-refractivity contribution in [3.05, 3.63) is 64.9 Å². The number of carbonyl (C=O) groups excluding carboxylic acids is 1. The van der Waals surface area contributed by atoms with Crippen LogP contribution in [-0.2, 0) is 11.3 Å². The van der Waals surface area contributed by atoms with Gasteiger partial charge in [-0.2, -0.15) is 0 Å². The van der Waals surface area contributed by atoms with E-state index < -0.39 is 0 Å². The molecule has 146 valence electrons. The fourth-order valence-corrected chi connectivity index (χ4v) is 4.85. The minimum atomic E-state index is -0.273. The molecule has 0 saturated carbocycles. The molecule has 0 bridgehead atoms. The average molecular weight is 398 g/mol. The molecule has 1 aliphatic rings. The second-order valence-electron chi connectivity index (χ2n) is 7.38. The first-order valence-corrected chi connectivity index (χ1v) is 10.6. The average Bonchev–Trinajstić information content (AvgIpc) is 3.20. The Balaban J connectivity index is 1.32. The van der Waals surface area contributed by atoms with Gasteiger partial charge >= 0.3 is 0 Å². The van der Waals surface area contributed by atoms with Crippen LogP contribution < -0.4 is 5.32 Å². The van der Waals surface area contributed by atoms with E-state index in [-0.39, 0.29) is 17.6 Å². The van der Waals surface area contributed by atoms with E-state index >= 15 is 0 Å². The Morgan fingerprint density at radius 3 is 2.86 bits per heavy atom. The smallest absolute Gasteiger partial charge is 0.223 e. The van der Waals surface area contributed by atoms with Crippen molar-refractivity contribution >= 4 is 27.5 Å². The normalized spacial score (nSPS) is 16.9. The number of thiazole rings is 1. The van der Waals surface area contributed by atoms with E-state index in [4.69, 9.17) is 0 Å².